The van der Waals surface area contributed by atoms with Gasteiger partial charge in [-0.05, 0) is 38.5 Å². The first kappa shape index (κ1) is 47.7. The fraction of sp³-hybridized carbons (Fsp3) is 0.692. The normalized spacial score (nSPS) is 14.7. The lowest BCUT2D eigenvalue weighted by molar-refractivity contribution is -0.160. The number of aliphatic hydroxyl groups excluding tert-OH is 2. The lowest BCUT2D eigenvalue weighted by Crippen LogP contribution is -2.29. The average molecular weight is 727 g/mol. The van der Waals surface area contributed by atoms with Gasteiger partial charge in [-0.2, -0.15) is 0 Å². The van der Waals surface area contributed by atoms with Crippen LogP contribution in [0.3, 0.4) is 0 Å². The molecule has 0 aliphatic carbocycles. The highest BCUT2D eigenvalue weighted by atomic mass is 31.2. The summed E-state index contributed by atoms with van der Waals surface area (Å²) in [6.07, 6.45) is 36.5. The van der Waals surface area contributed by atoms with E-state index in [2.05, 4.69) is 54.8 Å². The quantitative estimate of drug-likeness (QED) is 0.0254. The molecule has 0 fully saturated rings. The molecule has 3 unspecified atom stereocenters. The van der Waals surface area contributed by atoms with E-state index in [0.29, 0.717) is 12.8 Å². The van der Waals surface area contributed by atoms with E-state index in [4.69, 9.17) is 19.1 Å². The summed E-state index contributed by atoms with van der Waals surface area (Å²) < 4.78 is 32.4. The Labute approximate surface area is 302 Å². The highest BCUT2D eigenvalue weighted by Crippen LogP contribution is 2.43. The smallest absolute Gasteiger partial charge is 0.462 e. The number of allylic oxidation sites excluding steroid dienone is 9. The SMILES string of the molecule is CC/C=C\C/C=C\C/C=C\C/C=C\C/C=C\CC(=O)OC(COC(=O)CCCCCCCCCCCCCC)COP(=O)(O)OCC(O)CO. The molecule has 0 aromatic heterocycles. The number of unbranched alkanes of at least 4 members (excludes halogenated alkanes) is 11. The van der Waals surface area contributed by atoms with Gasteiger partial charge in [0.25, 0.3) is 0 Å². The van der Waals surface area contributed by atoms with Crippen molar-refractivity contribution in [3.05, 3.63) is 60.8 Å². The zero-order chi connectivity index (χ0) is 37.0. The maximum atomic E-state index is 12.5. The highest BCUT2D eigenvalue weighted by molar-refractivity contribution is 7.47. The van der Waals surface area contributed by atoms with Crippen molar-refractivity contribution in [3.63, 3.8) is 0 Å². The van der Waals surface area contributed by atoms with Crippen LogP contribution in [-0.4, -0.2) is 65.7 Å². The van der Waals surface area contributed by atoms with Gasteiger partial charge in [-0.3, -0.25) is 18.6 Å². The standard InChI is InChI=1S/C39H67O10P/c1-3-5-7-9-11-13-15-17-18-19-21-23-25-27-29-31-39(43)49-37(35-48-50(44,45)47-33-36(41)32-40)34-46-38(42)30-28-26-24-22-20-16-14-12-10-8-6-4-2/h5,7,11,13,17-18,21,23,27,29,36-37,40-41H,3-4,6,8-10,12,14-16,19-20,22,24-26,28,30-35H2,1-2H3,(H,44,45)/b7-5-,13-11-,18-17-,23-21-,29-27-. The summed E-state index contributed by atoms with van der Waals surface area (Å²) in [6.45, 7) is 2.12. The third-order valence-electron chi connectivity index (χ3n) is 7.47. The monoisotopic (exact) mass is 726 g/mol. The summed E-state index contributed by atoms with van der Waals surface area (Å²) in [6, 6.07) is 0. The molecule has 11 heteroatoms. The molecule has 0 amide bonds. The zero-order valence-corrected chi connectivity index (χ0v) is 31.7. The van der Waals surface area contributed by atoms with Crippen molar-refractivity contribution >= 4 is 19.8 Å². The van der Waals surface area contributed by atoms with E-state index in [1.165, 1.54) is 51.4 Å². The van der Waals surface area contributed by atoms with Crippen molar-refractivity contribution in [2.24, 2.45) is 0 Å². The Hall–Kier alpha value is -2.33. The Bertz CT molecular complexity index is 1020. The Balaban J connectivity index is 4.54. The Kier molecular flexibility index (Phi) is 33.5. The number of carbonyl (C=O) groups is 2. The minimum atomic E-state index is -4.64. The number of hydrogen-bond donors (Lipinski definition) is 3. The van der Waals surface area contributed by atoms with Crippen LogP contribution in [0.15, 0.2) is 60.8 Å². The van der Waals surface area contributed by atoms with E-state index >= 15 is 0 Å². The van der Waals surface area contributed by atoms with Crippen molar-refractivity contribution in [2.45, 2.75) is 148 Å². The molecule has 0 aliphatic heterocycles. The van der Waals surface area contributed by atoms with Gasteiger partial charge in [0.15, 0.2) is 6.10 Å². The minimum Gasteiger partial charge on any atom is -0.462 e. The molecule has 3 atom stereocenters. The van der Waals surface area contributed by atoms with Crippen LogP contribution in [0.2, 0.25) is 0 Å². The maximum Gasteiger partial charge on any atom is 0.472 e. The van der Waals surface area contributed by atoms with Crippen LogP contribution >= 0.6 is 7.82 Å². The number of phosphoric ester groups is 1. The van der Waals surface area contributed by atoms with Crippen LogP contribution in [0.1, 0.15) is 136 Å². The first-order valence-electron chi connectivity index (χ1n) is 18.7. The lowest BCUT2D eigenvalue weighted by atomic mass is 10.0. The van der Waals surface area contributed by atoms with Crippen molar-refractivity contribution in [1.29, 1.82) is 0 Å². The predicted molar refractivity (Wildman–Crippen MR) is 200 cm³/mol. The number of ether oxygens (including phenoxy) is 2. The molecule has 0 bridgehead atoms. The first-order chi connectivity index (χ1) is 24.2. The van der Waals surface area contributed by atoms with Gasteiger partial charge in [0.2, 0.25) is 0 Å². The summed E-state index contributed by atoms with van der Waals surface area (Å²) in [5.74, 6) is -1.08. The largest absolute Gasteiger partial charge is 0.472 e. The fourth-order valence-electron chi connectivity index (χ4n) is 4.60. The second-order valence-electron chi connectivity index (χ2n) is 12.2. The molecule has 0 aliphatic rings. The van der Waals surface area contributed by atoms with E-state index in [0.717, 1.165) is 44.9 Å². The Morgan fingerprint density at radius 2 is 1.08 bits per heavy atom. The van der Waals surface area contributed by atoms with Crippen molar-refractivity contribution in [3.8, 4) is 0 Å². The van der Waals surface area contributed by atoms with Gasteiger partial charge in [0, 0.05) is 6.42 Å². The summed E-state index contributed by atoms with van der Waals surface area (Å²) in [4.78, 5) is 34.7. The molecule has 288 valence electrons. The zero-order valence-electron chi connectivity index (χ0n) is 30.8. The van der Waals surface area contributed by atoms with Gasteiger partial charge < -0.3 is 24.6 Å². The Morgan fingerprint density at radius 3 is 1.58 bits per heavy atom. The summed E-state index contributed by atoms with van der Waals surface area (Å²) in [5, 5.41) is 18.3. The van der Waals surface area contributed by atoms with E-state index in [9.17, 15) is 24.2 Å². The van der Waals surface area contributed by atoms with E-state index in [1.54, 1.807) is 6.08 Å². The number of aliphatic hydroxyl groups is 2. The molecule has 0 aromatic carbocycles. The van der Waals surface area contributed by atoms with Gasteiger partial charge in [-0.15, -0.1) is 0 Å². The van der Waals surface area contributed by atoms with Gasteiger partial charge in [-0.1, -0.05) is 145 Å². The molecule has 0 saturated carbocycles. The van der Waals surface area contributed by atoms with Gasteiger partial charge in [-0.25, -0.2) is 4.57 Å². The van der Waals surface area contributed by atoms with Crippen molar-refractivity contribution in [1.82, 2.24) is 0 Å². The van der Waals surface area contributed by atoms with Crippen LogP contribution in [-0.2, 0) is 32.7 Å². The number of hydrogen-bond acceptors (Lipinski definition) is 9. The van der Waals surface area contributed by atoms with Gasteiger partial charge >= 0.3 is 19.8 Å². The maximum absolute atomic E-state index is 12.5. The van der Waals surface area contributed by atoms with Gasteiger partial charge in [0.1, 0.15) is 12.7 Å². The second kappa shape index (κ2) is 35.1. The second-order valence-corrected chi connectivity index (χ2v) is 13.7. The molecule has 50 heavy (non-hydrogen) atoms. The number of esters is 2. The molecule has 0 radical (unpaired) electrons. The van der Waals surface area contributed by atoms with E-state index in [1.807, 2.05) is 18.2 Å². The molecule has 0 heterocycles. The topological polar surface area (TPSA) is 149 Å². The van der Waals surface area contributed by atoms with Crippen LogP contribution < -0.4 is 0 Å². The number of carbonyl (C=O) groups excluding carboxylic acids is 2. The summed E-state index contributed by atoms with van der Waals surface area (Å²) >= 11 is 0. The highest BCUT2D eigenvalue weighted by Gasteiger charge is 2.27. The Morgan fingerprint density at radius 1 is 0.620 bits per heavy atom. The average Bonchev–Trinajstić information content (AvgIpc) is 3.10. The molecule has 0 spiro atoms. The third kappa shape index (κ3) is 34.1. The van der Waals surface area contributed by atoms with E-state index in [-0.39, 0.29) is 19.4 Å². The fourth-order valence-corrected chi connectivity index (χ4v) is 5.39. The first-order valence-corrected chi connectivity index (χ1v) is 20.2. The number of rotatable bonds is 34. The van der Waals surface area contributed by atoms with E-state index < -0.39 is 51.8 Å². The lowest BCUT2D eigenvalue weighted by Gasteiger charge is -2.20. The molecule has 0 aromatic rings. The van der Waals surface area contributed by atoms with Crippen LogP contribution in [0, 0.1) is 0 Å². The molecular formula is C39H67O10P. The summed E-state index contributed by atoms with van der Waals surface area (Å²) in [5.41, 5.74) is 0. The van der Waals surface area contributed by atoms with Crippen LogP contribution in [0.4, 0.5) is 0 Å². The van der Waals surface area contributed by atoms with Crippen LogP contribution in [0.25, 0.3) is 0 Å². The molecule has 0 saturated heterocycles. The predicted octanol–water partition coefficient (Wildman–Crippen LogP) is 9.16. The molecule has 0 rings (SSSR count). The summed E-state index contributed by atoms with van der Waals surface area (Å²) in [7, 11) is -4.64. The molecule has 10 nitrogen and oxygen atoms in total. The van der Waals surface area contributed by atoms with Crippen molar-refractivity contribution in [2.75, 3.05) is 26.4 Å². The van der Waals surface area contributed by atoms with Crippen LogP contribution in [0.5, 0.6) is 0 Å². The molecule has 3 N–H and O–H groups in total. The van der Waals surface area contributed by atoms with Gasteiger partial charge in [0.05, 0.1) is 26.2 Å². The molecular weight excluding hydrogens is 659 g/mol. The van der Waals surface area contributed by atoms with Crippen molar-refractivity contribution < 1.29 is 47.8 Å². The third-order valence-corrected chi connectivity index (χ3v) is 8.42. The minimum absolute atomic E-state index is 0.0488. The number of phosphoric acid groups is 1.